The number of unbranched alkanes of at least 4 members (excludes halogenated alkanes) is 1. The summed E-state index contributed by atoms with van der Waals surface area (Å²) in [6, 6.07) is 2.80. The number of hydrogen-bond acceptors (Lipinski definition) is 6. The highest BCUT2D eigenvalue weighted by molar-refractivity contribution is 7.89. The molecule has 0 spiro atoms. The van der Waals surface area contributed by atoms with Gasteiger partial charge < -0.3 is 10.2 Å². The Morgan fingerprint density at radius 2 is 2.15 bits per heavy atom. The van der Waals surface area contributed by atoms with Gasteiger partial charge in [-0.2, -0.15) is 0 Å². The average Bonchev–Trinajstić information content (AvgIpc) is 2.42. The first-order valence-electron chi connectivity index (χ1n) is 6.49. The number of nitrogens with zero attached hydrogens (tertiary/aromatic N) is 1. The van der Waals surface area contributed by atoms with Crippen LogP contribution in [0.2, 0.25) is 0 Å². The number of nitrogens with one attached hydrogen (secondary N) is 2. The zero-order chi connectivity index (χ0) is 15.0. The highest BCUT2D eigenvalue weighted by atomic mass is 32.2. The van der Waals surface area contributed by atoms with E-state index in [0.717, 1.165) is 12.8 Å². The molecule has 0 radical (unpaired) electrons. The summed E-state index contributed by atoms with van der Waals surface area (Å²) in [5.74, 6) is 5.50. The molecule has 0 aliphatic carbocycles. The molecule has 0 atom stereocenters. The van der Waals surface area contributed by atoms with Crippen molar-refractivity contribution in [2.45, 2.75) is 37.7 Å². The SMILES string of the molecule is CC(C)OCCCCNS(=O)(=O)c1ccnc(NN)c1. The third-order valence-corrected chi connectivity index (χ3v) is 3.96. The summed E-state index contributed by atoms with van der Waals surface area (Å²) >= 11 is 0. The van der Waals surface area contributed by atoms with E-state index < -0.39 is 10.0 Å². The lowest BCUT2D eigenvalue weighted by atomic mass is 10.3. The van der Waals surface area contributed by atoms with E-state index in [1.165, 1.54) is 18.3 Å². The van der Waals surface area contributed by atoms with Crippen LogP contribution in [0.3, 0.4) is 0 Å². The van der Waals surface area contributed by atoms with Crippen molar-refractivity contribution in [3.8, 4) is 0 Å². The second-order valence-electron chi connectivity index (χ2n) is 4.55. The first-order valence-corrected chi connectivity index (χ1v) is 7.98. The minimum Gasteiger partial charge on any atom is -0.379 e. The maximum absolute atomic E-state index is 12.0. The molecule has 0 amide bonds. The van der Waals surface area contributed by atoms with Crippen LogP contribution >= 0.6 is 0 Å². The fraction of sp³-hybridized carbons (Fsp3) is 0.583. The number of hydrogen-bond donors (Lipinski definition) is 3. The summed E-state index contributed by atoms with van der Waals surface area (Å²) in [6.45, 7) is 4.94. The standard InChI is InChI=1S/C12H22N4O3S/c1-10(2)19-8-4-3-6-15-20(17,18)11-5-7-14-12(9-11)16-13/h5,7,9-10,15H,3-4,6,8,13H2,1-2H3,(H,14,16). The Kier molecular flexibility index (Phi) is 6.86. The largest absolute Gasteiger partial charge is 0.379 e. The highest BCUT2D eigenvalue weighted by Gasteiger charge is 2.13. The Bertz CT molecular complexity index is 505. The number of aromatic nitrogens is 1. The Labute approximate surface area is 119 Å². The van der Waals surface area contributed by atoms with Gasteiger partial charge in [0.15, 0.2) is 0 Å². The zero-order valence-electron chi connectivity index (χ0n) is 11.8. The number of nitrogen functional groups attached to an aromatic ring is 1. The summed E-state index contributed by atoms with van der Waals surface area (Å²) in [7, 11) is -3.52. The number of anilines is 1. The Morgan fingerprint density at radius 3 is 2.80 bits per heavy atom. The average molecular weight is 302 g/mol. The first-order chi connectivity index (χ1) is 9.45. The van der Waals surface area contributed by atoms with Crippen molar-refractivity contribution in [2.75, 3.05) is 18.6 Å². The fourth-order valence-corrected chi connectivity index (χ4v) is 2.58. The van der Waals surface area contributed by atoms with Crippen LogP contribution in [0.4, 0.5) is 5.82 Å². The molecule has 1 rings (SSSR count). The molecule has 0 saturated heterocycles. The van der Waals surface area contributed by atoms with Gasteiger partial charge in [-0.3, -0.25) is 0 Å². The molecule has 0 bridgehead atoms. The van der Waals surface area contributed by atoms with Crippen molar-refractivity contribution in [2.24, 2.45) is 5.84 Å². The van der Waals surface area contributed by atoms with E-state index in [-0.39, 0.29) is 11.0 Å². The molecule has 1 aromatic heterocycles. The topological polar surface area (TPSA) is 106 Å². The van der Waals surface area contributed by atoms with Crippen LogP contribution in [0, 0.1) is 0 Å². The van der Waals surface area contributed by atoms with Gasteiger partial charge in [0.25, 0.3) is 0 Å². The van der Waals surface area contributed by atoms with Crippen molar-refractivity contribution in [1.29, 1.82) is 0 Å². The molecule has 1 heterocycles. The number of nitrogens with two attached hydrogens (primary N) is 1. The second kappa shape index (κ2) is 8.15. The molecule has 0 aliphatic heterocycles. The molecule has 4 N–H and O–H groups in total. The minimum atomic E-state index is -3.52. The van der Waals surface area contributed by atoms with Crippen LogP contribution in [-0.2, 0) is 14.8 Å². The molecule has 7 nitrogen and oxygen atoms in total. The molecule has 0 aliphatic rings. The smallest absolute Gasteiger partial charge is 0.240 e. The highest BCUT2D eigenvalue weighted by Crippen LogP contribution is 2.11. The van der Waals surface area contributed by atoms with Gasteiger partial charge in [0.05, 0.1) is 11.0 Å². The van der Waals surface area contributed by atoms with Crippen molar-refractivity contribution in [1.82, 2.24) is 9.71 Å². The van der Waals surface area contributed by atoms with Crippen molar-refractivity contribution >= 4 is 15.8 Å². The zero-order valence-corrected chi connectivity index (χ0v) is 12.6. The molecule has 0 aromatic carbocycles. The summed E-state index contributed by atoms with van der Waals surface area (Å²) in [4.78, 5) is 4.00. The predicted molar refractivity (Wildman–Crippen MR) is 77.6 cm³/mol. The summed E-state index contributed by atoms with van der Waals surface area (Å²) in [5.41, 5.74) is 2.31. The van der Waals surface area contributed by atoms with Crippen molar-refractivity contribution in [3.05, 3.63) is 18.3 Å². The maximum atomic E-state index is 12.0. The number of hydrazine groups is 1. The Balaban J connectivity index is 2.41. The molecule has 8 heteroatoms. The van der Waals surface area contributed by atoms with E-state index in [9.17, 15) is 8.42 Å². The van der Waals surface area contributed by atoms with Gasteiger partial charge in [-0.05, 0) is 32.8 Å². The monoisotopic (exact) mass is 302 g/mol. The second-order valence-corrected chi connectivity index (χ2v) is 6.31. The molecule has 0 saturated carbocycles. The molecule has 0 fully saturated rings. The van der Waals surface area contributed by atoms with E-state index >= 15 is 0 Å². The third-order valence-electron chi connectivity index (χ3n) is 2.50. The van der Waals surface area contributed by atoms with Crippen LogP contribution in [0.15, 0.2) is 23.2 Å². The molecular weight excluding hydrogens is 280 g/mol. The predicted octanol–water partition coefficient (Wildman–Crippen LogP) is 0.851. The lowest BCUT2D eigenvalue weighted by Crippen LogP contribution is -2.25. The van der Waals surface area contributed by atoms with Crippen LogP contribution in [0.1, 0.15) is 26.7 Å². The molecule has 20 heavy (non-hydrogen) atoms. The lowest BCUT2D eigenvalue weighted by Gasteiger charge is -2.09. The molecule has 0 unspecified atom stereocenters. The maximum Gasteiger partial charge on any atom is 0.240 e. The third kappa shape index (κ3) is 5.83. The van der Waals surface area contributed by atoms with Crippen LogP contribution < -0.4 is 16.0 Å². The van der Waals surface area contributed by atoms with E-state index in [1.54, 1.807) is 0 Å². The Hall–Kier alpha value is -1.22. The normalized spacial score (nSPS) is 11.8. The van der Waals surface area contributed by atoms with E-state index in [0.29, 0.717) is 19.0 Å². The number of sulfonamides is 1. The number of rotatable bonds is 9. The van der Waals surface area contributed by atoms with Crippen LogP contribution in [0.5, 0.6) is 0 Å². The van der Waals surface area contributed by atoms with E-state index in [4.69, 9.17) is 10.6 Å². The van der Waals surface area contributed by atoms with Gasteiger partial charge in [-0.15, -0.1) is 0 Å². The van der Waals surface area contributed by atoms with Gasteiger partial charge in [0.2, 0.25) is 10.0 Å². The summed E-state index contributed by atoms with van der Waals surface area (Å²) < 4.78 is 31.9. The van der Waals surface area contributed by atoms with Gasteiger partial charge in [-0.1, -0.05) is 0 Å². The van der Waals surface area contributed by atoms with E-state index in [1.807, 2.05) is 13.8 Å². The van der Waals surface area contributed by atoms with Crippen LogP contribution in [-0.4, -0.2) is 32.7 Å². The molecule has 1 aromatic rings. The van der Waals surface area contributed by atoms with E-state index in [2.05, 4.69) is 15.1 Å². The first kappa shape index (κ1) is 16.8. The fourth-order valence-electron chi connectivity index (χ4n) is 1.49. The van der Waals surface area contributed by atoms with Gasteiger partial charge in [0, 0.05) is 25.4 Å². The molecule has 114 valence electrons. The summed E-state index contributed by atoms with van der Waals surface area (Å²) in [5, 5.41) is 0. The van der Waals surface area contributed by atoms with Crippen molar-refractivity contribution in [3.63, 3.8) is 0 Å². The molecular formula is C12H22N4O3S. The Morgan fingerprint density at radius 1 is 1.40 bits per heavy atom. The quantitative estimate of drug-likeness (QED) is 0.355. The number of ether oxygens (including phenoxy) is 1. The van der Waals surface area contributed by atoms with Crippen molar-refractivity contribution < 1.29 is 13.2 Å². The summed E-state index contributed by atoms with van der Waals surface area (Å²) in [6.07, 6.45) is 3.12. The van der Waals surface area contributed by atoms with Gasteiger partial charge in [-0.25, -0.2) is 24.0 Å². The lowest BCUT2D eigenvalue weighted by molar-refractivity contribution is 0.0762. The van der Waals surface area contributed by atoms with Gasteiger partial charge >= 0.3 is 0 Å². The minimum absolute atomic E-state index is 0.138. The number of pyridine rings is 1. The van der Waals surface area contributed by atoms with Gasteiger partial charge in [0.1, 0.15) is 5.82 Å². The van der Waals surface area contributed by atoms with Crippen LogP contribution in [0.25, 0.3) is 0 Å².